The van der Waals surface area contributed by atoms with Gasteiger partial charge >= 0.3 is 5.69 Å². The predicted octanol–water partition coefficient (Wildman–Crippen LogP) is 4.40. The molecule has 0 bridgehead atoms. The van der Waals surface area contributed by atoms with E-state index in [0.717, 1.165) is 65.3 Å². The maximum absolute atomic E-state index is 13.6. The summed E-state index contributed by atoms with van der Waals surface area (Å²) >= 11 is 0. The van der Waals surface area contributed by atoms with Gasteiger partial charge in [0.05, 0.1) is 12.2 Å². The predicted molar refractivity (Wildman–Crippen MR) is 139 cm³/mol. The molecule has 0 saturated carbocycles. The number of benzene rings is 1. The lowest BCUT2D eigenvalue weighted by Crippen LogP contribution is -2.26. The van der Waals surface area contributed by atoms with Gasteiger partial charge in [-0.05, 0) is 60.4 Å². The lowest BCUT2D eigenvalue weighted by Gasteiger charge is -2.10. The molecule has 36 heavy (non-hydrogen) atoms. The van der Waals surface area contributed by atoms with E-state index in [9.17, 15) is 4.79 Å². The summed E-state index contributed by atoms with van der Waals surface area (Å²) in [6.45, 7) is 7.53. The van der Waals surface area contributed by atoms with E-state index in [1.54, 1.807) is 4.57 Å². The Morgan fingerprint density at radius 3 is 2.56 bits per heavy atom. The smallest absolute Gasteiger partial charge is 0.334 e. The monoisotopic (exact) mass is 482 g/mol. The molecule has 0 amide bonds. The highest BCUT2D eigenvalue weighted by molar-refractivity contribution is 5.79. The second-order valence-corrected chi connectivity index (χ2v) is 8.90. The van der Waals surface area contributed by atoms with E-state index < -0.39 is 0 Å². The minimum atomic E-state index is -0.0355. The van der Waals surface area contributed by atoms with Crippen LogP contribution in [0.5, 0.6) is 0 Å². The first-order valence-electron chi connectivity index (χ1n) is 12.4. The Bertz CT molecular complexity index is 1510. The number of aryl methyl sites for hydroxylation is 3. The van der Waals surface area contributed by atoms with Gasteiger partial charge in [-0.3, -0.25) is 14.1 Å². The van der Waals surface area contributed by atoms with Gasteiger partial charge in [-0.15, -0.1) is 5.10 Å². The SMILES string of the molecule is CCCCc1cn(-c2c(C)ccn2CC)c(=O)n1Cc1ccc(-c2ccccc2-c2nnn[nH]2)cn1. The number of aromatic amines is 1. The number of unbranched alkanes of at least 4 members (excludes halogenated alkanes) is 1. The molecule has 1 aromatic carbocycles. The van der Waals surface area contributed by atoms with E-state index in [4.69, 9.17) is 4.98 Å². The van der Waals surface area contributed by atoms with E-state index in [-0.39, 0.29) is 5.69 Å². The van der Waals surface area contributed by atoms with E-state index in [1.807, 2.05) is 66.5 Å². The van der Waals surface area contributed by atoms with Crippen LogP contribution in [0, 0.1) is 6.92 Å². The van der Waals surface area contributed by atoms with Gasteiger partial charge in [0.25, 0.3) is 0 Å². The molecule has 5 aromatic rings. The van der Waals surface area contributed by atoms with Gasteiger partial charge < -0.3 is 4.57 Å². The van der Waals surface area contributed by atoms with Crippen molar-refractivity contribution in [1.29, 1.82) is 0 Å². The number of rotatable bonds is 9. The van der Waals surface area contributed by atoms with Crippen molar-refractivity contribution >= 4 is 0 Å². The summed E-state index contributed by atoms with van der Waals surface area (Å²) in [5.41, 5.74) is 5.75. The third-order valence-corrected chi connectivity index (χ3v) is 6.53. The lowest BCUT2D eigenvalue weighted by molar-refractivity contribution is 0.656. The van der Waals surface area contributed by atoms with Crippen LogP contribution in [-0.2, 0) is 19.5 Å². The normalized spacial score (nSPS) is 11.3. The number of nitrogens with one attached hydrogen (secondary N) is 1. The van der Waals surface area contributed by atoms with Crippen molar-refractivity contribution in [2.24, 2.45) is 0 Å². The van der Waals surface area contributed by atoms with E-state index in [0.29, 0.717) is 12.4 Å². The fourth-order valence-corrected chi connectivity index (χ4v) is 4.62. The second-order valence-electron chi connectivity index (χ2n) is 8.90. The Kier molecular flexibility index (Phi) is 6.62. The molecule has 0 unspecified atom stereocenters. The molecular formula is C27H30N8O. The van der Waals surface area contributed by atoms with Crippen LogP contribution in [0.4, 0.5) is 0 Å². The maximum Gasteiger partial charge on any atom is 0.334 e. The molecule has 0 fully saturated rings. The van der Waals surface area contributed by atoms with Crippen molar-refractivity contribution in [3.63, 3.8) is 0 Å². The summed E-state index contributed by atoms with van der Waals surface area (Å²) in [7, 11) is 0. The van der Waals surface area contributed by atoms with Crippen LogP contribution in [0.25, 0.3) is 28.3 Å². The van der Waals surface area contributed by atoms with Crippen molar-refractivity contribution in [3.8, 4) is 28.3 Å². The van der Waals surface area contributed by atoms with E-state index in [1.165, 1.54) is 0 Å². The second kappa shape index (κ2) is 10.2. The van der Waals surface area contributed by atoms with Crippen LogP contribution in [0.3, 0.4) is 0 Å². The van der Waals surface area contributed by atoms with Crippen LogP contribution >= 0.6 is 0 Å². The molecule has 0 saturated heterocycles. The quantitative estimate of drug-likeness (QED) is 0.336. The van der Waals surface area contributed by atoms with Crippen LogP contribution in [0.1, 0.15) is 43.6 Å². The van der Waals surface area contributed by atoms with Gasteiger partial charge in [-0.2, -0.15) is 0 Å². The topological polar surface area (TPSA) is 99.2 Å². The van der Waals surface area contributed by atoms with Crippen LogP contribution < -0.4 is 5.69 Å². The van der Waals surface area contributed by atoms with Crippen molar-refractivity contribution in [3.05, 3.63) is 88.5 Å². The molecule has 0 aliphatic rings. The van der Waals surface area contributed by atoms with E-state index in [2.05, 4.69) is 45.1 Å². The molecule has 0 aliphatic carbocycles. The fourth-order valence-electron chi connectivity index (χ4n) is 4.62. The number of tetrazole rings is 1. The molecular weight excluding hydrogens is 452 g/mol. The standard InChI is InChI=1S/C27H30N8O/c1-4-6-9-22-18-35(26-19(3)14-15-33(26)5-2)27(36)34(22)17-21-13-12-20(16-28-21)23-10-7-8-11-24(23)25-29-31-32-30-25/h7-8,10-16,18H,4-6,9,17H2,1-3H3,(H,29,30,31,32). The summed E-state index contributed by atoms with van der Waals surface area (Å²) in [5.74, 6) is 1.54. The van der Waals surface area contributed by atoms with Gasteiger partial charge in [0.15, 0.2) is 5.82 Å². The molecule has 4 heterocycles. The molecule has 0 radical (unpaired) electrons. The highest BCUT2D eigenvalue weighted by Gasteiger charge is 2.17. The highest BCUT2D eigenvalue weighted by atomic mass is 16.1. The zero-order valence-electron chi connectivity index (χ0n) is 20.8. The average Bonchev–Trinajstić information content (AvgIpc) is 3.64. The summed E-state index contributed by atoms with van der Waals surface area (Å²) in [6.07, 6.45) is 8.82. The van der Waals surface area contributed by atoms with Crippen molar-refractivity contribution < 1.29 is 0 Å². The summed E-state index contributed by atoms with van der Waals surface area (Å²) in [4.78, 5) is 18.3. The molecule has 9 heteroatoms. The number of hydrogen-bond acceptors (Lipinski definition) is 5. The summed E-state index contributed by atoms with van der Waals surface area (Å²) < 4.78 is 5.76. The largest absolute Gasteiger partial charge is 0.334 e. The minimum Gasteiger partial charge on any atom is -0.334 e. The Balaban J connectivity index is 1.48. The molecule has 9 nitrogen and oxygen atoms in total. The zero-order valence-corrected chi connectivity index (χ0v) is 20.8. The third-order valence-electron chi connectivity index (χ3n) is 6.53. The molecule has 5 rings (SSSR count). The summed E-state index contributed by atoms with van der Waals surface area (Å²) in [5, 5.41) is 14.3. The Labute approximate surface area is 209 Å². The third kappa shape index (κ3) is 4.39. The number of nitrogens with zero attached hydrogens (tertiary/aromatic N) is 7. The molecule has 0 atom stereocenters. The number of hydrogen-bond donors (Lipinski definition) is 1. The van der Waals surface area contributed by atoms with Crippen LogP contribution in [-0.4, -0.2) is 39.3 Å². The Morgan fingerprint density at radius 1 is 1.03 bits per heavy atom. The Morgan fingerprint density at radius 2 is 1.86 bits per heavy atom. The molecule has 4 aromatic heterocycles. The van der Waals surface area contributed by atoms with Gasteiger partial charge in [0.2, 0.25) is 0 Å². The first kappa shape index (κ1) is 23.5. The molecule has 184 valence electrons. The van der Waals surface area contributed by atoms with E-state index >= 15 is 0 Å². The minimum absolute atomic E-state index is 0.0355. The van der Waals surface area contributed by atoms with Gasteiger partial charge in [-0.25, -0.2) is 9.89 Å². The maximum atomic E-state index is 13.6. The fraction of sp³-hybridized carbons (Fsp3) is 0.296. The van der Waals surface area contributed by atoms with Crippen molar-refractivity contribution in [2.75, 3.05) is 0 Å². The lowest BCUT2D eigenvalue weighted by atomic mass is 10.0. The summed E-state index contributed by atoms with van der Waals surface area (Å²) in [6, 6.07) is 14.0. The molecule has 0 spiro atoms. The number of aromatic nitrogens is 8. The first-order chi connectivity index (χ1) is 17.6. The van der Waals surface area contributed by atoms with Gasteiger partial charge in [-0.1, -0.05) is 43.7 Å². The number of pyridine rings is 1. The average molecular weight is 483 g/mol. The van der Waals surface area contributed by atoms with Gasteiger partial charge in [0.1, 0.15) is 5.82 Å². The molecule has 1 N–H and O–H groups in total. The Hall–Kier alpha value is -4.27. The highest BCUT2D eigenvalue weighted by Crippen LogP contribution is 2.29. The van der Waals surface area contributed by atoms with Crippen molar-refractivity contribution in [1.82, 2.24) is 39.3 Å². The first-order valence-corrected chi connectivity index (χ1v) is 12.4. The number of H-pyrrole nitrogens is 1. The van der Waals surface area contributed by atoms with Crippen LogP contribution in [0.2, 0.25) is 0 Å². The zero-order chi connectivity index (χ0) is 25.1. The molecule has 0 aliphatic heterocycles. The van der Waals surface area contributed by atoms with Crippen molar-refractivity contribution in [2.45, 2.75) is 53.1 Å². The van der Waals surface area contributed by atoms with Crippen LogP contribution in [0.15, 0.2) is 65.8 Å². The van der Waals surface area contributed by atoms with Gasteiger partial charge in [0, 0.05) is 42.0 Å². The number of imidazole rings is 1.